The van der Waals surface area contributed by atoms with Crippen LogP contribution in [0.2, 0.25) is 10.0 Å². The third-order valence-corrected chi connectivity index (χ3v) is 4.09. The molecule has 0 aliphatic carbocycles. The molecule has 0 amide bonds. The summed E-state index contributed by atoms with van der Waals surface area (Å²) in [5, 5.41) is 1.35. The largest absolute Gasteiger partial charge is 0.295 e. The lowest BCUT2D eigenvalue weighted by Gasteiger charge is -2.11. The summed E-state index contributed by atoms with van der Waals surface area (Å²) in [6, 6.07) is 11.6. The molecule has 0 unspecified atom stereocenters. The molecule has 0 fully saturated rings. The number of aryl methyl sites for hydroxylation is 2. The van der Waals surface area contributed by atoms with E-state index in [-0.39, 0.29) is 0 Å². The van der Waals surface area contributed by atoms with Crippen molar-refractivity contribution in [3.05, 3.63) is 57.8 Å². The highest BCUT2D eigenvalue weighted by atomic mass is 35.5. The van der Waals surface area contributed by atoms with Gasteiger partial charge in [0.05, 0.1) is 21.7 Å². The van der Waals surface area contributed by atoms with E-state index in [4.69, 9.17) is 34.8 Å². The van der Waals surface area contributed by atoms with Crippen LogP contribution in [0.3, 0.4) is 0 Å². The van der Waals surface area contributed by atoms with Gasteiger partial charge in [0.1, 0.15) is 5.82 Å². The third kappa shape index (κ3) is 2.76. The minimum Gasteiger partial charge on any atom is -0.295 e. The minimum atomic E-state index is 0.500. The Kier molecular flexibility index (Phi) is 4.12. The van der Waals surface area contributed by atoms with E-state index >= 15 is 0 Å². The van der Waals surface area contributed by atoms with Crippen molar-refractivity contribution in [1.82, 2.24) is 9.55 Å². The molecule has 1 heterocycles. The summed E-state index contributed by atoms with van der Waals surface area (Å²) in [6.45, 7) is 2.04. The molecule has 3 rings (SSSR count). The molecule has 0 saturated heterocycles. The molecule has 0 saturated carbocycles. The molecule has 0 bridgehead atoms. The molecular weight excluding hydrogens is 327 g/mol. The Morgan fingerprint density at radius 3 is 2.67 bits per heavy atom. The average Bonchev–Trinajstić information content (AvgIpc) is 2.79. The number of halogens is 3. The average molecular weight is 340 g/mol. The van der Waals surface area contributed by atoms with E-state index in [0.717, 1.165) is 28.1 Å². The maximum absolute atomic E-state index is 6.38. The molecule has 5 heteroatoms. The smallest absolute Gasteiger partial charge is 0.115 e. The molecule has 2 nitrogen and oxygen atoms in total. The quantitative estimate of drug-likeness (QED) is 0.582. The first-order valence-electron chi connectivity index (χ1n) is 6.59. The van der Waals surface area contributed by atoms with Crippen molar-refractivity contribution in [2.75, 3.05) is 5.88 Å². The van der Waals surface area contributed by atoms with E-state index < -0.39 is 0 Å². The first-order valence-corrected chi connectivity index (χ1v) is 7.88. The summed E-state index contributed by atoms with van der Waals surface area (Å²) in [4.78, 5) is 4.65. The zero-order valence-electron chi connectivity index (χ0n) is 11.4. The van der Waals surface area contributed by atoms with Crippen LogP contribution in [0.15, 0.2) is 36.4 Å². The summed E-state index contributed by atoms with van der Waals surface area (Å²) < 4.78 is 2.06. The van der Waals surface area contributed by atoms with Gasteiger partial charge in [0.25, 0.3) is 0 Å². The summed E-state index contributed by atoms with van der Waals surface area (Å²) in [5.41, 5.74) is 3.89. The second-order valence-electron chi connectivity index (χ2n) is 4.89. The van der Waals surface area contributed by atoms with E-state index in [2.05, 4.69) is 15.6 Å². The van der Waals surface area contributed by atoms with Gasteiger partial charge in [-0.1, -0.05) is 29.3 Å². The van der Waals surface area contributed by atoms with Crippen LogP contribution < -0.4 is 0 Å². The lowest BCUT2D eigenvalue weighted by atomic mass is 10.2. The molecular formula is C16H13Cl3N2. The van der Waals surface area contributed by atoms with E-state index in [1.165, 1.54) is 0 Å². The lowest BCUT2D eigenvalue weighted by molar-refractivity contribution is 0.911. The van der Waals surface area contributed by atoms with Crippen LogP contribution in [0.5, 0.6) is 0 Å². The van der Waals surface area contributed by atoms with Gasteiger partial charge in [-0.3, -0.25) is 4.57 Å². The maximum Gasteiger partial charge on any atom is 0.115 e. The van der Waals surface area contributed by atoms with Crippen LogP contribution in [0, 0.1) is 6.92 Å². The molecule has 2 aromatic carbocycles. The molecule has 3 aromatic rings. The van der Waals surface area contributed by atoms with Crippen LogP contribution in [0.25, 0.3) is 16.7 Å². The van der Waals surface area contributed by atoms with Gasteiger partial charge in [0, 0.05) is 17.3 Å². The molecule has 21 heavy (non-hydrogen) atoms. The molecule has 108 valence electrons. The van der Waals surface area contributed by atoms with Gasteiger partial charge in [-0.05, 0) is 42.8 Å². The van der Waals surface area contributed by atoms with Crippen molar-refractivity contribution in [2.45, 2.75) is 13.3 Å². The first-order chi connectivity index (χ1) is 10.1. The fraction of sp³-hybridized carbons (Fsp3) is 0.188. The fourth-order valence-electron chi connectivity index (χ4n) is 2.42. The van der Waals surface area contributed by atoms with Crippen molar-refractivity contribution < 1.29 is 0 Å². The fourth-order valence-corrected chi connectivity index (χ4v) is 2.96. The standard InChI is InChI=1S/C16H13Cl3N2/c1-10-2-4-12(19)15(8-10)21-14-5-3-11(18)9-13(14)20-16(21)6-7-17/h2-5,8-9H,6-7H2,1H3. The number of hydrogen-bond acceptors (Lipinski definition) is 1. The van der Waals surface area contributed by atoms with Crippen LogP contribution >= 0.6 is 34.8 Å². The number of alkyl halides is 1. The van der Waals surface area contributed by atoms with E-state index in [9.17, 15) is 0 Å². The van der Waals surface area contributed by atoms with Crippen molar-refractivity contribution in [1.29, 1.82) is 0 Å². The number of fused-ring (bicyclic) bond motifs is 1. The van der Waals surface area contributed by atoms with Gasteiger partial charge in [-0.2, -0.15) is 0 Å². The SMILES string of the molecule is Cc1ccc(Cl)c(-n2c(CCCl)nc3cc(Cl)ccc32)c1. The van der Waals surface area contributed by atoms with Crippen molar-refractivity contribution >= 4 is 45.8 Å². The summed E-state index contributed by atoms with van der Waals surface area (Å²) in [5.74, 6) is 1.38. The number of benzene rings is 2. The molecule has 0 aliphatic rings. The van der Waals surface area contributed by atoms with Crippen LogP contribution in [-0.2, 0) is 6.42 Å². The van der Waals surface area contributed by atoms with Crippen LogP contribution in [0.4, 0.5) is 0 Å². The highest BCUT2D eigenvalue weighted by molar-refractivity contribution is 6.32. The Labute approximate surface area is 138 Å². The van der Waals surface area contributed by atoms with Crippen LogP contribution in [0.1, 0.15) is 11.4 Å². The number of imidazole rings is 1. The predicted octanol–water partition coefficient (Wildman–Crippen LogP) is 5.42. The van der Waals surface area contributed by atoms with E-state index in [1.807, 2.05) is 37.3 Å². The predicted molar refractivity (Wildman–Crippen MR) is 90.3 cm³/mol. The van der Waals surface area contributed by atoms with E-state index in [0.29, 0.717) is 22.3 Å². The molecule has 1 aromatic heterocycles. The zero-order chi connectivity index (χ0) is 15.0. The second-order valence-corrected chi connectivity index (χ2v) is 6.11. The molecule has 0 aliphatic heterocycles. The maximum atomic E-state index is 6.38. The van der Waals surface area contributed by atoms with Gasteiger partial charge in [0.15, 0.2) is 0 Å². The van der Waals surface area contributed by atoms with E-state index in [1.54, 1.807) is 0 Å². The van der Waals surface area contributed by atoms with Gasteiger partial charge < -0.3 is 0 Å². The second kappa shape index (κ2) is 5.88. The topological polar surface area (TPSA) is 17.8 Å². The molecule has 0 N–H and O–H groups in total. The molecule has 0 spiro atoms. The highest BCUT2D eigenvalue weighted by Gasteiger charge is 2.14. The van der Waals surface area contributed by atoms with Gasteiger partial charge in [-0.25, -0.2) is 4.98 Å². The Balaban J connectivity index is 2.33. The number of rotatable bonds is 3. The molecule has 0 atom stereocenters. The van der Waals surface area contributed by atoms with Gasteiger partial charge in [-0.15, -0.1) is 11.6 Å². The number of nitrogens with zero attached hydrogens (tertiary/aromatic N) is 2. The van der Waals surface area contributed by atoms with Gasteiger partial charge in [0.2, 0.25) is 0 Å². The first kappa shape index (κ1) is 14.7. The Morgan fingerprint density at radius 1 is 1.10 bits per heavy atom. The summed E-state index contributed by atoms with van der Waals surface area (Å²) in [7, 11) is 0. The van der Waals surface area contributed by atoms with Crippen molar-refractivity contribution in [3.8, 4) is 5.69 Å². The minimum absolute atomic E-state index is 0.500. The normalized spacial score (nSPS) is 11.2. The Morgan fingerprint density at radius 2 is 1.90 bits per heavy atom. The Bertz CT molecular complexity index is 809. The lowest BCUT2D eigenvalue weighted by Crippen LogP contribution is -2.03. The number of aromatic nitrogens is 2. The van der Waals surface area contributed by atoms with Crippen molar-refractivity contribution in [2.24, 2.45) is 0 Å². The third-order valence-electron chi connectivity index (χ3n) is 3.35. The zero-order valence-corrected chi connectivity index (χ0v) is 13.7. The highest BCUT2D eigenvalue weighted by Crippen LogP contribution is 2.29. The monoisotopic (exact) mass is 338 g/mol. The Hall–Kier alpha value is -1.22. The molecule has 0 radical (unpaired) electrons. The number of hydrogen-bond donors (Lipinski definition) is 0. The summed E-state index contributed by atoms with van der Waals surface area (Å²) >= 11 is 18.4. The van der Waals surface area contributed by atoms with Crippen molar-refractivity contribution in [3.63, 3.8) is 0 Å². The van der Waals surface area contributed by atoms with Crippen LogP contribution in [-0.4, -0.2) is 15.4 Å². The summed E-state index contributed by atoms with van der Waals surface area (Å²) in [6.07, 6.45) is 0.665. The van der Waals surface area contributed by atoms with Gasteiger partial charge >= 0.3 is 0 Å².